The normalized spacial score (nSPS) is 10.6. The molecule has 0 radical (unpaired) electrons. The highest BCUT2D eigenvalue weighted by molar-refractivity contribution is 7.10. The van der Waals surface area contributed by atoms with Gasteiger partial charge >= 0.3 is 0 Å². The molecule has 0 fully saturated rings. The number of aryl methyl sites for hydroxylation is 1. The summed E-state index contributed by atoms with van der Waals surface area (Å²) < 4.78 is 1.52. The summed E-state index contributed by atoms with van der Waals surface area (Å²) >= 11 is 1.57. The minimum Gasteiger partial charge on any atom is -0.325 e. The fourth-order valence-electron chi connectivity index (χ4n) is 1.42. The molecule has 0 aliphatic heterocycles. The van der Waals surface area contributed by atoms with Gasteiger partial charge in [-0.2, -0.15) is 0 Å². The van der Waals surface area contributed by atoms with Gasteiger partial charge in [0.1, 0.15) is 6.54 Å². The third kappa shape index (κ3) is 2.17. The SMILES string of the molecule is Cc1sccc1C(=O)Cn1cc(CN)nn1. The zero-order valence-electron chi connectivity index (χ0n) is 8.88. The van der Waals surface area contributed by atoms with E-state index in [0.29, 0.717) is 12.2 Å². The summed E-state index contributed by atoms with van der Waals surface area (Å²) in [5, 5.41) is 9.58. The van der Waals surface area contributed by atoms with Crippen LogP contribution in [-0.4, -0.2) is 20.8 Å². The molecule has 2 aromatic rings. The maximum absolute atomic E-state index is 11.9. The van der Waals surface area contributed by atoms with Crippen LogP contribution in [0.5, 0.6) is 0 Å². The Morgan fingerprint density at radius 3 is 3.00 bits per heavy atom. The lowest BCUT2D eigenvalue weighted by molar-refractivity contribution is 0.0967. The highest BCUT2D eigenvalue weighted by atomic mass is 32.1. The molecule has 84 valence electrons. The van der Waals surface area contributed by atoms with Crippen molar-refractivity contribution in [3.8, 4) is 0 Å². The quantitative estimate of drug-likeness (QED) is 0.803. The number of ketones is 1. The van der Waals surface area contributed by atoms with Crippen molar-refractivity contribution >= 4 is 17.1 Å². The van der Waals surface area contributed by atoms with E-state index in [1.165, 1.54) is 4.68 Å². The van der Waals surface area contributed by atoms with Crippen molar-refractivity contribution in [1.29, 1.82) is 0 Å². The van der Waals surface area contributed by atoms with Crippen molar-refractivity contribution in [1.82, 2.24) is 15.0 Å². The van der Waals surface area contributed by atoms with Crippen LogP contribution in [0.2, 0.25) is 0 Å². The minimum atomic E-state index is 0.0484. The van der Waals surface area contributed by atoms with Gasteiger partial charge in [-0.25, -0.2) is 4.68 Å². The number of carbonyl (C=O) groups is 1. The molecule has 0 amide bonds. The third-order valence-electron chi connectivity index (χ3n) is 2.26. The Kier molecular flexibility index (Phi) is 3.12. The molecule has 0 aliphatic rings. The molecule has 16 heavy (non-hydrogen) atoms. The highest BCUT2D eigenvalue weighted by Crippen LogP contribution is 2.16. The number of Topliss-reactive ketones (excluding diaryl/α,β-unsaturated/α-hetero) is 1. The molecule has 0 unspecified atom stereocenters. The highest BCUT2D eigenvalue weighted by Gasteiger charge is 2.11. The Morgan fingerprint density at radius 2 is 2.44 bits per heavy atom. The van der Waals surface area contributed by atoms with E-state index in [0.717, 1.165) is 10.4 Å². The van der Waals surface area contributed by atoms with E-state index in [-0.39, 0.29) is 12.3 Å². The van der Waals surface area contributed by atoms with Gasteiger partial charge in [0.2, 0.25) is 0 Å². The molecular weight excluding hydrogens is 224 g/mol. The van der Waals surface area contributed by atoms with Crippen molar-refractivity contribution in [3.05, 3.63) is 33.8 Å². The van der Waals surface area contributed by atoms with Gasteiger partial charge in [-0.15, -0.1) is 16.4 Å². The first-order valence-corrected chi connectivity index (χ1v) is 5.75. The molecule has 0 aromatic carbocycles. The first-order chi connectivity index (χ1) is 7.70. The second kappa shape index (κ2) is 4.54. The summed E-state index contributed by atoms with van der Waals surface area (Å²) in [6, 6.07) is 1.84. The number of thiophene rings is 1. The summed E-state index contributed by atoms with van der Waals surface area (Å²) in [5.74, 6) is 0.0484. The van der Waals surface area contributed by atoms with E-state index in [9.17, 15) is 4.79 Å². The van der Waals surface area contributed by atoms with Gasteiger partial charge in [0.05, 0.1) is 11.9 Å². The molecule has 0 aliphatic carbocycles. The number of hydrogen-bond acceptors (Lipinski definition) is 5. The second-order valence-electron chi connectivity index (χ2n) is 3.43. The van der Waals surface area contributed by atoms with Crippen LogP contribution in [0.25, 0.3) is 0 Å². The van der Waals surface area contributed by atoms with Crippen LogP contribution in [0.3, 0.4) is 0 Å². The van der Waals surface area contributed by atoms with Crippen molar-refractivity contribution in [2.75, 3.05) is 0 Å². The summed E-state index contributed by atoms with van der Waals surface area (Å²) in [5.41, 5.74) is 6.86. The lowest BCUT2D eigenvalue weighted by Gasteiger charge is -1.99. The number of aromatic nitrogens is 3. The van der Waals surface area contributed by atoms with Crippen LogP contribution < -0.4 is 5.73 Å². The van der Waals surface area contributed by atoms with E-state index in [2.05, 4.69) is 10.3 Å². The minimum absolute atomic E-state index is 0.0484. The van der Waals surface area contributed by atoms with Gasteiger partial charge in [-0.1, -0.05) is 5.21 Å². The maximum atomic E-state index is 11.9. The van der Waals surface area contributed by atoms with Crippen LogP contribution in [0.1, 0.15) is 20.9 Å². The van der Waals surface area contributed by atoms with Gasteiger partial charge < -0.3 is 5.73 Å². The van der Waals surface area contributed by atoms with Crippen LogP contribution in [0.4, 0.5) is 0 Å². The summed E-state index contributed by atoms with van der Waals surface area (Å²) in [7, 11) is 0. The second-order valence-corrected chi connectivity index (χ2v) is 4.55. The molecule has 0 atom stereocenters. The van der Waals surface area contributed by atoms with E-state index in [1.54, 1.807) is 17.5 Å². The lowest BCUT2D eigenvalue weighted by atomic mass is 10.2. The number of nitrogens with two attached hydrogens (primary N) is 1. The first kappa shape index (κ1) is 11.0. The number of carbonyl (C=O) groups excluding carboxylic acids is 1. The predicted molar refractivity (Wildman–Crippen MR) is 61.3 cm³/mol. The Balaban J connectivity index is 2.11. The van der Waals surface area contributed by atoms with Gasteiger partial charge in [0.15, 0.2) is 5.78 Å². The fourth-order valence-corrected chi connectivity index (χ4v) is 2.13. The van der Waals surface area contributed by atoms with E-state index in [1.807, 2.05) is 18.4 Å². The smallest absolute Gasteiger partial charge is 0.185 e. The molecule has 0 saturated heterocycles. The molecule has 0 bridgehead atoms. The molecule has 0 spiro atoms. The Morgan fingerprint density at radius 1 is 1.62 bits per heavy atom. The average Bonchev–Trinajstić information content (AvgIpc) is 2.86. The Bertz CT molecular complexity index is 502. The molecule has 6 heteroatoms. The topological polar surface area (TPSA) is 73.8 Å². The number of nitrogens with zero attached hydrogens (tertiary/aromatic N) is 3. The summed E-state index contributed by atoms with van der Waals surface area (Å²) in [6.07, 6.45) is 1.69. The van der Waals surface area contributed by atoms with Gasteiger partial charge in [0.25, 0.3) is 0 Å². The van der Waals surface area contributed by atoms with E-state index in [4.69, 9.17) is 5.73 Å². The van der Waals surface area contributed by atoms with Crippen LogP contribution in [0, 0.1) is 6.92 Å². The zero-order valence-corrected chi connectivity index (χ0v) is 9.70. The molecule has 2 heterocycles. The van der Waals surface area contributed by atoms with Crippen molar-refractivity contribution in [2.45, 2.75) is 20.0 Å². The van der Waals surface area contributed by atoms with Gasteiger partial charge in [-0.3, -0.25) is 4.79 Å². The first-order valence-electron chi connectivity index (χ1n) is 4.87. The summed E-state index contributed by atoms with van der Waals surface area (Å²) in [6.45, 7) is 2.49. The summed E-state index contributed by atoms with van der Waals surface area (Å²) in [4.78, 5) is 12.9. The molecule has 0 saturated carbocycles. The van der Waals surface area contributed by atoms with Crippen molar-refractivity contribution < 1.29 is 4.79 Å². The van der Waals surface area contributed by atoms with E-state index >= 15 is 0 Å². The third-order valence-corrected chi connectivity index (χ3v) is 3.11. The Hall–Kier alpha value is -1.53. The lowest BCUT2D eigenvalue weighted by Crippen LogP contribution is -2.11. The van der Waals surface area contributed by atoms with Crippen LogP contribution in [0.15, 0.2) is 17.6 Å². The molecule has 2 N–H and O–H groups in total. The zero-order chi connectivity index (χ0) is 11.5. The van der Waals surface area contributed by atoms with Crippen molar-refractivity contribution in [2.24, 2.45) is 5.73 Å². The molecule has 5 nitrogen and oxygen atoms in total. The van der Waals surface area contributed by atoms with Crippen LogP contribution in [-0.2, 0) is 13.1 Å². The molecule has 2 rings (SSSR count). The standard InChI is InChI=1S/C10H12N4OS/c1-7-9(2-3-16-7)10(15)6-14-5-8(4-11)12-13-14/h2-3,5H,4,6,11H2,1H3. The fraction of sp³-hybridized carbons (Fsp3) is 0.300. The van der Waals surface area contributed by atoms with Gasteiger partial charge in [0, 0.05) is 17.0 Å². The largest absolute Gasteiger partial charge is 0.325 e. The van der Waals surface area contributed by atoms with Crippen LogP contribution >= 0.6 is 11.3 Å². The van der Waals surface area contributed by atoms with E-state index < -0.39 is 0 Å². The molecule has 2 aromatic heterocycles. The van der Waals surface area contributed by atoms with Crippen molar-refractivity contribution in [3.63, 3.8) is 0 Å². The monoisotopic (exact) mass is 236 g/mol. The maximum Gasteiger partial charge on any atom is 0.185 e. The average molecular weight is 236 g/mol. The molecular formula is C10H12N4OS. The Labute approximate surface area is 96.9 Å². The predicted octanol–water partition coefficient (Wildman–Crippen LogP) is 0.990. The number of hydrogen-bond donors (Lipinski definition) is 1. The number of rotatable bonds is 4. The van der Waals surface area contributed by atoms with Gasteiger partial charge in [-0.05, 0) is 18.4 Å².